The third-order valence-corrected chi connectivity index (χ3v) is 1.47. The molecule has 0 fully saturated rings. The summed E-state index contributed by atoms with van der Waals surface area (Å²) in [7, 11) is 0. The van der Waals surface area contributed by atoms with Crippen LogP contribution in [0.25, 0.3) is 0 Å². The van der Waals surface area contributed by atoms with Crippen LogP contribution in [-0.2, 0) is 0 Å². The molecule has 57 valence electrons. The van der Waals surface area contributed by atoms with Crippen LogP contribution < -0.4 is 0 Å². The predicted octanol–water partition coefficient (Wildman–Crippen LogP) is 3.20. The molecule has 0 spiro atoms. The highest BCUT2D eigenvalue weighted by Gasteiger charge is 1.76. The Bertz CT molecular complexity index is 170. The van der Waals surface area contributed by atoms with Gasteiger partial charge in [0.2, 0.25) is 0 Å². The highest BCUT2D eigenvalue weighted by atomic mass is 13.8. The molecule has 0 amide bonds. The summed E-state index contributed by atoms with van der Waals surface area (Å²) in [6.07, 6.45) is 21.0. The first-order chi connectivity index (χ1) is 5.50. The van der Waals surface area contributed by atoms with E-state index in [1.165, 1.54) is 0 Å². The van der Waals surface area contributed by atoms with Crippen molar-refractivity contribution in [2.45, 2.75) is 19.3 Å². The summed E-state index contributed by atoms with van der Waals surface area (Å²) < 4.78 is 0. The number of allylic oxidation sites excluding steroid dienone is 8. The van der Waals surface area contributed by atoms with E-state index in [4.69, 9.17) is 0 Å². The Balaban J connectivity index is 2.47. The van der Waals surface area contributed by atoms with E-state index < -0.39 is 0 Å². The van der Waals surface area contributed by atoms with Gasteiger partial charge in [-0.1, -0.05) is 42.5 Å². The fourth-order valence-corrected chi connectivity index (χ4v) is 0.882. The number of hydrogen-bond acceptors (Lipinski definition) is 0. The topological polar surface area (TPSA) is 0 Å². The molecule has 0 atom stereocenters. The lowest BCUT2D eigenvalue weighted by molar-refractivity contribution is 1.05. The maximum absolute atomic E-state index is 3.15. The molecule has 0 saturated carbocycles. The van der Waals surface area contributed by atoms with Crippen molar-refractivity contribution in [3.8, 4) is 0 Å². The molecular weight excluding hydrogens is 132 g/mol. The number of hydrogen-bond donors (Lipinski definition) is 0. The third kappa shape index (κ3) is 4.38. The van der Waals surface area contributed by atoms with Crippen LogP contribution in [0.5, 0.6) is 0 Å². The molecule has 1 aliphatic rings. The van der Waals surface area contributed by atoms with E-state index in [1.54, 1.807) is 0 Å². The molecule has 0 aromatic carbocycles. The average Bonchev–Trinajstić information content (AvgIpc) is 2.08. The SMILES string of the molecule is [C]1=C\C=C/CC/C=C\C=C/C/1. The molecule has 0 unspecified atom stereocenters. The molecule has 0 aliphatic heterocycles. The van der Waals surface area contributed by atoms with Crippen molar-refractivity contribution < 1.29 is 0 Å². The Kier molecular flexibility index (Phi) is 4.19. The predicted molar refractivity (Wildman–Crippen MR) is 49.1 cm³/mol. The van der Waals surface area contributed by atoms with Gasteiger partial charge in [-0.3, -0.25) is 0 Å². The van der Waals surface area contributed by atoms with E-state index in [1.807, 2.05) is 6.08 Å². The van der Waals surface area contributed by atoms with Gasteiger partial charge in [-0.2, -0.15) is 0 Å². The minimum absolute atomic E-state index is 0.911. The molecule has 0 aromatic heterocycles. The van der Waals surface area contributed by atoms with E-state index in [9.17, 15) is 0 Å². The zero-order chi connectivity index (χ0) is 7.78. The second-order valence-corrected chi connectivity index (χ2v) is 2.44. The normalized spacial score (nSPS) is 29.8. The first-order valence-corrected chi connectivity index (χ1v) is 4.03. The lowest BCUT2D eigenvalue weighted by Crippen LogP contribution is -1.62. The molecule has 0 N–H and O–H groups in total. The summed E-state index contributed by atoms with van der Waals surface area (Å²) in [6, 6.07) is 0. The standard InChI is InChI=1S/C11H13/c1-2-4-6-8-10-11-9-7-5-3-1/h1-4,9-11H,5-7H2/b3-1-,4-2-,10-8?,11-9-. The van der Waals surface area contributed by atoms with Gasteiger partial charge in [0.15, 0.2) is 0 Å². The van der Waals surface area contributed by atoms with E-state index in [-0.39, 0.29) is 0 Å². The van der Waals surface area contributed by atoms with Crippen molar-refractivity contribution in [1.82, 2.24) is 0 Å². The van der Waals surface area contributed by atoms with Gasteiger partial charge in [-0.05, 0) is 25.3 Å². The minimum Gasteiger partial charge on any atom is -0.0842 e. The van der Waals surface area contributed by atoms with Gasteiger partial charge >= 0.3 is 0 Å². The number of rotatable bonds is 0. The molecule has 1 radical (unpaired) electrons. The monoisotopic (exact) mass is 145 g/mol. The first kappa shape index (κ1) is 8.06. The Morgan fingerprint density at radius 1 is 0.818 bits per heavy atom. The van der Waals surface area contributed by atoms with Gasteiger partial charge in [0.25, 0.3) is 0 Å². The summed E-state index contributed by atoms with van der Waals surface area (Å²) in [5, 5.41) is 0. The Labute approximate surface area is 68.6 Å². The van der Waals surface area contributed by atoms with Crippen LogP contribution in [0.2, 0.25) is 0 Å². The fourth-order valence-electron chi connectivity index (χ4n) is 0.882. The van der Waals surface area contributed by atoms with Gasteiger partial charge in [0.1, 0.15) is 0 Å². The van der Waals surface area contributed by atoms with Gasteiger partial charge in [0, 0.05) is 0 Å². The Hall–Kier alpha value is -1.04. The fraction of sp³-hybridized carbons (Fsp3) is 0.273. The molecule has 0 aromatic rings. The van der Waals surface area contributed by atoms with Gasteiger partial charge < -0.3 is 0 Å². The zero-order valence-corrected chi connectivity index (χ0v) is 6.66. The van der Waals surface area contributed by atoms with Crippen LogP contribution in [0.1, 0.15) is 19.3 Å². The zero-order valence-electron chi connectivity index (χ0n) is 6.66. The Morgan fingerprint density at radius 2 is 1.55 bits per heavy atom. The van der Waals surface area contributed by atoms with Crippen LogP contribution in [0.15, 0.2) is 42.5 Å². The van der Waals surface area contributed by atoms with Crippen molar-refractivity contribution >= 4 is 0 Å². The molecule has 1 aliphatic carbocycles. The Morgan fingerprint density at radius 3 is 2.45 bits per heavy atom. The van der Waals surface area contributed by atoms with Gasteiger partial charge in [-0.15, -0.1) is 0 Å². The molecule has 0 saturated heterocycles. The van der Waals surface area contributed by atoms with Crippen LogP contribution in [0.4, 0.5) is 0 Å². The second-order valence-electron chi connectivity index (χ2n) is 2.44. The summed E-state index contributed by atoms with van der Waals surface area (Å²) in [5.41, 5.74) is 0. The van der Waals surface area contributed by atoms with Gasteiger partial charge in [0.05, 0.1) is 0 Å². The maximum atomic E-state index is 3.15. The molecule has 0 nitrogen and oxygen atoms in total. The first-order valence-electron chi connectivity index (χ1n) is 4.03. The highest BCUT2D eigenvalue weighted by Crippen LogP contribution is 1.96. The lowest BCUT2D eigenvalue weighted by atomic mass is 10.2. The molecule has 0 bridgehead atoms. The largest absolute Gasteiger partial charge is 0.0842 e. The molecule has 1 rings (SSSR count). The quantitative estimate of drug-likeness (QED) is 0.491. The average molecular weight is 145 g/mol. The van der Waals surface area contributed by atoms with Crippen LogP contribution in [-0.4, -0.2) is 0 Å². The summed E-state index contributed by atoms with van der Waals surface area (Å²) in [4.78, 5) is 0. The van der Waals surface area contributed by atoms with E-state index in [0.717, 1.165) is 19.3 Å². The minimum atomic E-state index is 0.911. The third-order valence-electron chi connectivity index (χ3n) is 1.47. The molecular formula is C11H13. The summed E-state index contributed by atoms with van der Waals surface area (Å²) in [5.74, 6) is 0. The summed E-state index contributed by atoms with van der Waals surface area (Å²) >= 11 is 0. The van der Waals surface area contributed by atoms with Crippen molar-refractivity contribution in [3.63, 3.8) is 0 Å². The maximum Gasteiger partial charge on any atom is -0.00915 e. The lowest BCUT2D eigenvalue weighted by Gasteiger charge is -1.82. The molecule has 11 heavy (non-hydrogen) atoms. The van der Waals surface area contributed by atoms with Gasteiger partial charge in [-0.25, -0.2) is 0 Å². The second kappa shape index (κ2) is 5.72. The van der Waals surface area contributed by atoms with E-state index in [2.05, 4.69) is 42.5 Å². The van der Waals surface area contributed by atoms with Crippen molar-refractivity contribution in [2.75, 3.05) is 0 Å². The van der Waals surface area contributed by atoms with E-state index in [0.29, 0.717) is 0 Å². The van der Waals surface area contributed by atoms with E-state index >= 15 is 0 Å². The van der Waals surface area contributed by atoms with Crippen LogP contribution in [0.3, 0.4) is 0 Å². The van der Waals surface area contributed by atoms with Crippen molar-refractivity contribution in [2.24, 2.45) is 0 Å². The summed E-state index contributed by atoms with van der Waals surface area (Å²) in [6.45, 7) is 0. The van der Waals surface area contributed by atoms with Crippen LogP contribution in [0, 0.1) is 6.08 Å². The van der Waals surface area contributed by atoms with Crippen molar-refractivity contribution in [3.05, 3.63) is 48.6 Å². The smallest absolute Gasteiger partial charge is 0.00915 e. The van der Waals surface area contributed by atoms with Crippen molar-refractivity contribution in [1.29, 1.82) is 0 Å². The molecule has 0 heterocycles. The van der Waals surface area contributed by atoms with Crippen LogP contribution >= 0.6 is 0 Å². The molecule has 0 heteroatoms. The highest BCUT2D eigenvalue weighted by molar-refractivity contribution is 5.07.